The van der Waals surface area contributed by atoms with Crippen molar-refractivity contribution in [1.29, 1.82) is 0 Å². The van der Waals surface area contributed by atoms with Gasteiger partial charge in [0.1, 0.15) is 0 Å². The molecule has 4 heteroatoms. The van der Waals surface area contributed by atoms with Crippen molar-refractivity contribution in [3.05, 3.63) is 35.4 Å². The van der Waals surface area contributed by atoms with Gasteiger partial charge in [-0.25, -0.2) is 0 Å². The van der Waals surface area contributed by atoms with Crippen LogP contribution in [0.4, 0.5) is 0 Å². The van der Waals surface area contributed by atoms with E-state index in [0.717, 1.165) is 31.5 Å². The maximum Gasteiger partial charge on any atom is 0.0681 e. The summed E-state index contributed by atoms with van der Waals surface area (Å²) in [6.07, 6.45) is 2.09. The molecule has 1 aliphatic rings. The minimum absolute atomic E-state index is 0.0171. The number of rotatable bonds is 6. The van der Waals surface area contributed by atoms with Gasteiger partial charge in [0, 0.05) is 6.54 Å². The van der Waals surface area contributed by atoms with Crippen LogP contribution in [0.2, 0.25) is 0 Å². The summed E-state index contributed by atoms with van der Waals surface area (Å²) in [5.74, 6) is 0.564. The number of likely N-dealkylation sites (tertiary alicyclic amines) is 1. The van der Waals surface area contributed by atoms with Crippen LogP contribution in [0.25, 0.3) is 0 Å². The molecule has 4 nitrogen and oxygen atoms in total. The molecular formula is C15H23NO3. The highest BCUT2D eigenvalue weighted by molar-refractivity contribution is 5.23. The molecule has 0 aromatic heterocycles. The molecule has 1 saturated heterocycles. The number of aliphatic hydroxyl groups is 3. The Morgan fingerprint density at radius 3 is 2.58 bits per heavy atom. The third-order valence-corrected chi connectivity index (χ3v) is 3.95. The molecule has 106 valence electrons. The van der Waals surface area contributed by atoms with E-state index >= 15 is 0 Å². The normalized spacial score (nSPS) is 20.3. The summed E-state index contributed by atoms with van der Waals surface area (Å²) in [4.78, 5) is 2.17. The largest absolute Gasteiger partial charge is 0.395 e. The maximum absolute atomic E-state index is 9.20. The summed E-state index contributed by atoms with van der Waals surface area (Å²) in [5, 5.41) is 27.5. The van der Waals surface area contributed by atoms with E-state index in [9.17, 15) is 10.2 Å². The lowest BCUT2D eigenvalue weighted by Crippen LogP contribution is -2.39. The first kappa shape index (κ1) is 14.5. The Kier molecular flexibility index (Phi) is 5.34. The number of hydrogen-bond donors (Lipinski definition) is 3. The highest BCUT2D eigenvalue weighted by atomic mass is 16.3. The first-order valence-corrected chi connectivity index (χ1v) is 6.91. The molecule has 0 radical (unpaired) electrons. The molecule has 0 aliphatic carbocycles. The zero-order valence-corrected chi connectivity index (χ0v) is 11.2. The Bertz CT molecular complexity index is 393. The van der Waals surface area contributed by atoms with Crippen molar-refractivity contribution in [3.63, 3.8) is 0 Å². The highest BCUT2D eigenvalue weighted by Crippen LogP contribution is 2.23. The van der Waals surface area contributed by atoms with Crippen molar-refractivity contribution in [2.24, 2.45) is 5.92 Å². The van der Waals surface area contributed by atoms with Crippen LogP contribution in [0, 0.1) is 5.92 Å². The Hall–Kier alpha value is -0.940. The van der Waals surface area contributed by atoms with Crippen LogP contribution in [-0.2, 0) is 13.0 Å². The van der Waals surface area contributed by atoms with Gasteiger partial charge in [0.25, 0.3) is 0 Å². The zero-order chi connectivity index (χ0) is 13.7. The molecule has 0 spiro atoms. The number of hydrogen-bond acceptors (Lipinski definition) is 4. The second-order valence-corrected chi connectivity index (χ2v) is 5.35. The van der Waals surface area contributed by atoms with Gasteiger partial charge < -0.3 is 15.3 Å². The van der Waals surface area contributed by atoms with Crippen molar-refractivity contribution < 1.29 is 15.3 Å². The summed E-state index contributed by atoms with van der Waals surface area (Å²) < 4.78 is 0. The van der Waals surface area contributed by atoms with Crippen molar-refractivity contribution in [1.82, 2.24) is 4.90 Å². The van der Waals surface area contributed by atoms with Gasteiger partial charge in [-0.2, -0.15) is 0 Å². The van der Waals surface area contributed by atoms with Crippen LogP contribution >= 0.6 is 0 Å². The second-order valence-electron chi connectivity index (χ2n) is 5.35. The second kappa shape index (κ2) is 7.01. The number of nitrogens with zero attached hydrogens (tertiary/aromatic N) is 1. The fraction of sp³-hybridized carbons (Fsp3) is 0.600. The minimum Gasteiger partial charge on any atom is -0.395 e. The Morgan fingerprint density at radius 1 is 1.16 bits per heavy atom. The van der Waals surface area contributed by atoms with Crippen LogP contribution in [0.15, 0.2) is 24.3 Å². The lowest BCUT2D eigenvalue weighted by molar-refractivity contribution is 0.0880. The smallest absolute Gasteiger partial charge is 0.0681 e. The standard InChI is InChI=1S/C15H23NO3/c17-9-14-3-1-2-12(7-14)6-13-4-5-16(8-13)15(10-18)11-19/h1-3,7,13,15,17-19H,4-6,8-11H2. The quantitative estimate of drug-likeness (QED) is 0.696. The van der Waals surface area contributed by atoms with E-state index in [-0.39, 0.29) is 25.9 Å². The van der Waals surface area contributed by atoms with Gasteiger partial charge in [-0.3, -0.25) is 4.90 Å². The van der Waals surface area contributed by atoms with E-state index in [1.807, 2.05) is 12.1 Å². The molecular weight excluding hydrogens is 242 g/mol. The van der Waals surface area contributed by atoms with Crippen LogP contribution in [0.5, 0.6) is 0 Å². The highest BCUT2D eigenvalue weighted by Gasteiger charge is 2.27. The van der Waals surface area contributed by atoms with Gasteiger partial charge in [-0.05, 0) is 36.4 Å². The van der Waals surface area contributed by atoms with Crippen molar-refractivity contribution in [2.45, 2.75) is 25.5 Å². The van der Waals surface area contributed by atoms with Gasteiger partial charge >= 0.3 is 0 Å². The molecule has 0 amide bonds. The van der Waals surface area contributed by atoms with E-state index in [0.29, 0.717) is 5.92 Å². The van der Waals surface area contributed by atoms with Crippen LogP contribution in [-0.4, -0.2) is 52.6 Å². The van der Waals surface area contributed by atoms with Crippen molar-refractivity contribution >= 4 is 0 Å². The van der Waals surface area contributed by atoms with Gasteiger partial charge in [0.05, 0.1) is 25.9 Å². The molecule has 1 heterocycles. The monoisotopic (exact) mass is 265 g/mol. The van der Waals surface area contributed by atoms with E-state index in [1.54, 1.807) is 0 Å². The molecule has 0 bridgehead atoms. The lowest BCUT2D eigenvalue weighted by atomic mass is 9.97. The van der Waals surface area contributed by atoms with E-state index in [1.165, 1.54) is 5.56 Å². The molecule has 2 rings (SSSR count). The number of aliphatic hydroxyl groups excluding tert-OH is 3. The fourth-order valence-electron chi connectivity index (χ4n) is 2.84. The summed E-state index contributed by atoms with van der Waals surface area (Å²) in [6.45, 7) is 1.99. The number of benzene rings is 1. The Morgan fingerprint density at radius 2 is 1.89 bits per heavy atom. The Labute approximate surface area is 114 Å². The van der Waals surface area contributed by atoms with E-state index in [2.05, 4.69) is 17.0 Å². The summed E-state index contributed by atoms with van der Waals surface area (Å²) in [6, 6.07) is 7.94. The first-order chi connectivity index (χ1) is 9.26. The summed E-state index contributed by atoms with van der Waals surface area (Å²) in [5.41, 5.74) is 2.21. The third kappa shape index (κ3) is 3.76. The van der Waals surface area contributed by atoms with Crippen LogP contribution < -0.4 is 0 Å². The molecule has 1 aromatic carbocycles. The average molecular weight is 265 g/mol. The SMILES string of the molecule is OCc1cccc(CC2CCN(C(CO)CO)C2)c1. The molecule has 1 unspecified atom stereocenters. The molecule has 3 N–H and O–H groups in total. The molecule has 1 aliphatic heterocycles. The van der Waals surface area contributed by atoms with E-state index < -0.39 is 0 Å². The topological polar surface area (TPSA) is 63.9 Å². The minimum atomic E-state index is -0.117. The van der Waals surface area contributed by atoms with Gasteiger partial charge in [0.2, 0.25) is 0 Å². The summed E-state index contributed by atoms with van der Waals surface area (Å²) in [7, 11) is 0. The van der Waals surface area contributed by atoms with Crippen LogP contribution in [0.3, 0.4) is 0 Å². The Balaban J connectivity index is 1.90. The maximum atomic E-state index is 9.20. The average Bonchev–Trinajstić information content (AvgIpc) is 2.89. The third-order valence-electron chi connectivity index (χ3n) is 3.95. The van der Waals surface area contributed by atoms with Crippen LogP contribution in [0.1, 0.15) is 17.5 Å². The molecule has 0 saturated carbocycles. The predicted molar refractivity (Wildman–Crippen MR) is 73.7 cm³/mol. The van der Waals surface area contributed by atoms with Crippen molar-refractivity contribution in [3.8, 4) is 0 Å². The molecule has 19 heavy (non-hydrogen) atoms. The predicted octanol–water partition coefficient (Wildman–Crippen LogP) is 0.396. The van der Waals surface area contributed by atoms with E-state index in [4.69, 9.17) is 5.11 Å². The zero-order valence-electron chi connectivity index (χ0n) is 11.2. The summed E-state index contributed by atoms with van der Waals surface area (Å²) >= 11 is 0. The van der Waals surface area contributed by atoms with Gasteiger partial charge in [-0.1, -0.05) is 24.3 Å². The fourth-order valence-corrected chi connectivity index (χ4v) is 2.84. The van der Waals surface area contributed by atoms with Gasteiger partial charge in [0.15, 0.2) is 0 Å². The van der Waals surface area contributed by atoms with Gasteiger partial charge in [-0.15, -0.1) is 0 Å². The molecule has 1 fully saturated rings. The van der Waals surface area contributed by atoms with Crippen molar-refractivity contribution in [2.75, 3.05) is 26.3 Å². The first-order valence-electron chi connectivity index (χ1n) is 6.91. The molecule has 1 aromatic rings. The molecule has 1 atom stereocenters. The lowest BCUT2D eigenvalue weighted by Gasteiger charge is -2.24.